The fourth-order valence-corrected chi connectivity index (χ4v) is 2.39. The van der Waals surface area contributed by atoms with Crippen molar-refractivity contribution in [3.05, 3.63) is 47.9 Å². The number of phenolic OH excluding ortho intramolecular Hbond substituents is 1. The largest absolute Gasteiger partial charge is 0.508 e. The molecule has 8 nitrogen and oxygen atoms in total. The predicted octanol–water partition coefficient (Wildman–Crippen LogP) is 3.73. The minimum absolute atomic E-state index is 0.180. The highest BCUT2D eigenvalue weighted by Gasteiger charge is 2.23. The van der Waals surface area contributed by atoms with Crippen LogP contribution in [0.5, 0.6) is 5.75 Å². The second kappa shape index (κ2) is 17.2. The number of likely N-dealkylation sites (tertiary alicyclic amines) is 1. The Balaban J connectivity index is 0.000000470. The minimum Gasteiger partial charge on any atom is -0.508 e. The zero-order valence-corrected chi connectivity index (χ0v) is 18.7. The lowest BCUT2D eigenvalue weighted by Gasteiger charge is -2.26. The second-order valence-electron chi connectivity index (χ2n) is 6.61. The maximum Gasteiger partial charge on any atom is 0.322 e. The zero-order chi connectivity index (χ0) is 22.8. The Labute approximate surface area is 179 Å². The van der Waals surface area contributed by atoms with Gasteiger partial charge in [0, 0.05) is 12.5 Å². The van der Waals surface area contributed by atoms with Crippen LogP contribution in [0.2, 0.25) is 0 Å². The van der Waals surface area contributed by atoms with Crippen molar-refractivity contribution in [3.63, 3.8) is 0 Å². The molecule has 168 valence electrons. The van der Waals surface area contributed by atoms with Crippen LogP contribution in [0.15, 0.2) is 40.8 Å². The van der Waals surface area contributed by atoms with Gasteiger partial charge in [0.1, 0.15) is 5.75 Å². The van der Waals surface area contributed by atoms with Gasteiger partial charge in [-0.2, -0.15) is 0 Å². The number of hydrogen-bond donors (Lipinski definition) is 3. The first-order chi connectivity index (χ1) is 14.4. The van der Waals surface area contributed by atoms with Crippen LogP contribution in [-0.4, -0.2) is 58.5 Å². The fourth-order valence-electron chi connectivity index (χ4n) is 2.39. The van der Waals surface area contributed by atoms with Gasteiger partial charge in [0.15, 0.2) is 0 Å². The van der Waals surface area contributed by atoms with E-state index in [4.69, 9.17) is 14.6 Å². The molecule has 1 saturated heterocycles. The molecule has 8 heteroatoms. The van der Waals surface area contributed by atoms with E-state index in [1.807, 2.05) is 45.1 Å². The number of nitrogens with zero attached hydrogens (tertiary/aromatic N) is 3. The van der Waals surface area contributed by atoms with E-state index >= 15 is 0 Å². The summed E-state index contributed by atoms with van der Waals surface area (Å²) >= 11 is 0. The standard InChI is InChI=1S/C9H14N4O2.C7H8O.C4H8.C2H6O/c1-13-4-2-7(3-5-13)8-11-12-9(15-8)10-6-14;1-6-3-2-4-7(8)5-6;1-3-4-2;1-2-3/h6-7H,2-5H2,1H3,(H,10,12,14);2-5,8H,1H3;3-4H,1-2H3;3H,2H2,1H3/b;;4-3-;. The molecule has 0 aliphatic carbocycles. The van der Waals surface area contributed by atoms with Gasteiger partial charge in [-0.3, -0.25) is 10.1 Å². The number of anilines is 1. The van der Waals surface area contributed by atoms with E-state index in [0.29, 0.717) is 24.0 Å². The quantitative estimate of drug-likeness (QED) is 0.512. The number of hydrogen-bond acceptors (Lipinski definition) is 7. The van der Waals surface area contributed by atoms with Gasteiger partial charge in [0.05, 0.1) is 0 Å². The molecular formula is C22H36N4O4. The van der Waals surface area contributed by atoms with Gasteiger partial charge >= 0.3 is 6.01 Å². The second-order valence-corrected chi connectivity index (χ2v) is 6.61. The van der Waals surface area contributed by atoms with Crippen LogP contribution in [0.1, 0.15) is 51.0 Å². The maximum atomic E-state index is 10.2. The maximum absolute atomic E-state index is 10.2. The molecule has 1 fully saturated rings. The van der Waals surface area contributed by atoms with Gasteiger partial charge in [0.25, 0.3) is 0 Å². The molecule has 1 aliphatic rings. The number of aromatic hydroxyl groups is 1. The molecule has 0 spiro atoms. The van der Waals surface area contributed by atoms with Crippen molar-refractivity contribution in [2.75, 3.05) is 32.1 Å². The van der Waals surface area contributed by atoms with E-state index in [2.05, 4.69) is 27.5 Å². The molecule has 1 aromatic carbocycles. The third-order valence-electron chi connectivity index (χ3n) is 4.03. The number of allylic oxidation sites excluding steroid dienone is 2. The zero-order valence-electron chi connectivity index (χ0n) is 18.7. The van der Waals surface area contributed by atoms with Crippen LogP contribution in [0.4, 0.5) is 6.01 Å². The average molecular weight is 421 g/mol. The normalized spacial score (nSPS) is 13.8. The molecule has 3 rings (SSSR count). The molecule has 0 unspecified atom stereocenters. The Morgan fingerprint density at radius 2 is 1.83 bits per heavy atom. The third-order valence-corrected chi connectivity index (χ3v) is 4.03. The molecule has 0 atom stereocenters. The SMILES string of the molecule is C/C=C\C.CCO.CN1CCC(c2nnc(NC=O)o2)CC1.Cc1cccc(O)c1. The van der Waals surface area contributed by atoms with Gasteiger partial charge in [-0.15, -0.1) is 5.10 Å². The number of phenols is 1. The third kappa shape index (κ3) is 12.7. The van der Waals surface area contributed by atoms with E-state index in [0.717, 1.165) is 31.5 Å². The lowest BCUT2D eigenvalue weighted by Crippen LogP contribution is -2.29. The summed E-state index contributed by atoms with van der Waals surface area (Å²) < 4.78 is 5.32. The number of benzene rings is 1. The van der Waals surface area contributed by atoms with Gasteiger partial charge in [-0.25, -0.2) is 0 Å². The van der Waals surface area contributed by atoms with Crippen molar-refractivity contribution in [1.29, 1.82) is 0 Å². The van der Waals surface area contributed by atoms with Crippen molar-refractivity contribution < 1.29 is 19.4 Å². The Kier molecular flexibility index (Phi) is 15.6. The van der Waals surface area contributed by atoms with Crippen LogP contribution in [0, 0.1) is 6.92 Å². The lowest BCUT2D eigenvalue weighted by molar-refractivity contribution is -0.105. The number of rotatable bonds is 3. The summed E-state index contributed by atoms with van der Waals surface area (Å²) in [5.74, 6) is 1.30. The first kappa shape index (κ1) is 27.3. The summed E-state index contributed by atoms with van der Waals surface area (Å²) in [5, 5.41) is 26.4. The Hall–Kier alpha value is -2.71. The lowest BCUT2D eigenvalue weighted by atomic mass is 9.97. The number of carbonyl (C=O) groups is 1. The average Bonchev–Trinajstić information content (AvgIpc) is 3.19. The van der Waals surface area contributed by atoms with Crippen molar-refractivity contribution in [1.82, 2.24) is 15.1 Å². The number of aliphatic hydroxyl groups excluding tert-OH is 1. The Morgan fingerprint density at radius 1 is 1.23 bits per heavy atom. The van der Waals surface area contributed by atoms with E-state index < -0.39 is 0 Å². The minimum atomic E-state index is 0.180. The topological polar surface area (TPSA) is 112 Å². The summed E-state index contributed by atoms with van der Waals surface area (Å²) in [4.78, 5) is 12.4. The van der Waals surface area contributed by atoms with Gasteiger partial charge in [-0.1, -0.05) is 29.4 Å². The van der Waals surface area contributed by atoms with E-state index in [1.54, 1.807) is 19.1 Å². The molecule has 1 amide bonds. The van der Waals surface area contributed by atoms with Crippen molar-refractivity contribution in [2.45, 2.75) is 46.5 Å². The number of nitrogens with one attached hydrogen (secondary N) is 1. The van der Waals surface area contributed by atoms with Crippen LogP contribution in [0.25, 0.3) is 0 Å². The number of piperidine rings is 1. The monoisotopic (exact) mass is 420 g/mol. The van der Waals surface area contributed by atoms with E-state index in [1.165, 1.54) is 0 Å². The van der Waals surface area contributed by atoms with Crippen LogP contribution < -0.4 is 5.32 Å². The predicted molar refractivity (Wildman–Crippen MR) is 120 cm³/mol. The summed E-state index contributed by atoms with van der Waals surface area (Å²) in [5.41, 5.74) is 1.09. The fraction of sp³-hybridized carbons (Fsp3) is 0.500. The number of aryl methyl sites for hydroxylation is 1. The van der Waals surface area contributed by atoms with Crippen LogP contribution in [0.3, 0.4) is 0 Å². The molecule has 3 N–H and O–H groups in total. The summed E-state index contributed by atoms with van der Waals surface area (Å²) in [6.07, 6.45) is 6.59. The van der Waals surface area contributed by atoms with Crippen LogP contribution >= 0.6 is 0 Å². The van der Waals surface area contributed by atoms with Gasteiger partial charge in [-0.05, 0) is 78.4 Å². The first-order valence-electron chi connectivity index (χ1n) is 10.1. The number of aromatic nitrogens is 2. The number of carbonyl (C=O) groups excluding carboxylic acids is 1. The molecule has 0 saturated carbocycles. The van der Waals surface area contributed by atoms with Crippen molar-refractivity contribution >= 4 is 12.4 Å². The summed E-state index contributed by atoms with van der Waals surface area (Å²) in [7, 11) is 2.10. The van der Waals surface area contributed by atoms with Crippen molar-refractivity contribution in [2.24, 2.45) is 0 Å². The van der Waals surface area contributed by atoms with Gasteiger partial charge < -0.3 is 19.5 Å². The smallest absolute Gasteiger partial charge is 0.322 e. The summed E-state index contributed by atoms with van der Waals surface area (Å²) in [6.45, 7) is 9.96. The molecule has 1 aromatic heterocycles. The number of amides is 1. The highest BCUT2D eigenvalue weighted by Crippen LogP contribution is 2.26. The van der Waals surface area contributed by atoms with Gasteiger partial charge in [0.2, 0.25) is 12.3 Å². The highest BCUT2D eigenvalue weighted by atomic mass is 16.4. The molecule has 2 aromatic rings. The Morgan fingerprint density at radius 3 is 2.27 bits per heavy atom. The molecule has 2 heterocycles. The summed E-state index contributed by atoms with van der Waals surface area (Å²) in [6, 6.07) is 7.33. The first-order valence-corrected chi connectivity index (χ1v) is 10.1. The van der Waals surface area contributed by atoms with E-state index in [-0.39, 0.29) is 12.6 Å². The Bertz CT molecular complexity index is 689. The molecular weight excluding hydrogens is 384 g/mol. The highest BCUT2D eigenvalue weighted by molar-refractivity contribution is 5.65. The number of aliphatic hydroxyl groups is 1. The molecule has 0 bridgehead atoms. The van der Waals surface area contributed by atoms with E-state index in [9.17, 15) is 4.79 Å². The molecule has 1 aliphatic heterocycles. The molecule has 0 radical (unpaired) electrons. The van der Waals surface area contributed by atoms with Crippen LogP contribution in [-0.2, 0) is 4.79 Å². The van der Waals surface area contributed by atoms with Crippen molar-refractivity contribution in [3.8, 4) is 5.75 Å². The molecule has 30 heavy (non-hydrogen) atoms.